The third kappa shape index (κ3) is 7.18. The second-order valence-corrected chi connectivity index (χ2v) is 10.4. The highest BCUT2D eigenvalue weighted by atomic mass is 35.5. The molecule has 212 valence electrons. The Morgan fingerprint density at radius 1 is 0.949 bits per heavy atom. The SMILES string of the molecule is CCNC[C@H]1CC[C@H]2CC[C@@H](C(=O)NC(c3ccccc3)c3ccccc3)N2C(=O)[C@H]1NC(=O)[C@@H](N)CC.Cl. The van der Waals surface area contributed by atoms with E-state index in [4.69, 9.17) is 5.73 Å². The molecule has 2 fully saturated rings. The average Bonchev–Trinajstić information content (AvgIpc) is 3.34. The molecule has 2 saturated heterocycles. The predicted molar refractivity (Wildman–Crippen MR) is 155 cm³/mol. The Balaban J connectivity index is 0.00000420. The number of fused-ring (bicyclic) bond motifs is 1. The van der Waals surface area contributed by atoms with Crippen molar-refractivity contribution in [3.05, 3.63) is 71.8 Å². The van der Waals surface area contributed by atoms with Crippen molar-refractivity contribution in [2.24, 2.45) is 11.7 Å². The third-order valence-electron chi connectivity index (χ3n) is 7.95. The second kappa shape index (κ2) is 14.4. The summed E-state index contributed by atoms with van der Waals surface area (Å²) in [6, 6.07) is 17.4. The molecule has 2 aliphatic rings. The van der Waals surface area contributed by atoms with Crippen molar-refractivity contribution in [1.82, 2.24) is 20.9 Å². The first kappa shape index (κ1) is 30.6. The third-order valence-corrected chi connectivity index (χ3v) is 7.95. The molecule has 9 heteroatoms. The number of nitrogens with one attached hydrogen (secondary N) is 3. The molecule has 0 aromatic heterocycles. The molecule has 2 heterocycles. The lowest BCUT2D eigenvalue weighted by Crippen LogP contribution is -2.59. The van der Waals surface area contributed by atoms with Crippen LogP contribution in [0, 0.1) is 5.92 Å². The molecule has 0 bridgehead atoms. The quantitative estimate of drug-likeness (QED) is 0.360. The van der Waals surface area contributed by atoms with Crippen molar-refractivity contribution in [2.45, 2.75) is 76.2 Å². The zero-order valence-corrected chi connectivity index (χ0v) is 23.7. The van der Waals surface area contributed by atoms with Crippen LogP contribution in [0.15, 0.2) is 60.7 Å². The topological polar surface area (TPSA) is 117 Å². The first-order valence-corrected chi connectivity index (χ1v) is 13.9. The zero-order valence-electron chi connectivity index (χ0n) is 22.8. The van der Waals surface area contributed by atoms with Gasteiger partial charge in [-0.15, -0.1) is 12.4 Å². The monoisotopic (exact) mass is 555 g/mol. The number of hydrogen-bond acceptors (Lipinski definition) is 5. The molecule has 39 heavy (non-hydrogen) atoms. The van der Waals surface area contributed by atoms with Gasteiger partial charge in [0.25, 0.3) is 0 Å². The summed E-state index contributed by atoms with van der Waals surface area (Å²) < 4.78 is 0. The van der Waals surface area contributed by atoms with Gasteiger partial charge >= 0.3 is 0 Å². The van der Waals surface area contributed by atoms with Gasteiger partial charge in [-0.2, -0.15) is 0 Å². The standard InChI is InChI=1S/C30H41N5O3.ClH/c1-3-24(31)28(36)34-27-22(19-32-4-2)15-16-23-17-18-25(35(23)30(27)38)29(37)33-26(20-11-7-5-8-12-20)21-13-9-6-10-14-21;/h5-14,22-27,32H,3-4,15-19,31H2,1-2H3,(H,33,37)(H,34,36);1H/t22-,23+,24+,25+,27+;/m1./s1. The summed E-state index contributed by atoms with van der Waals surface area (Å²) in [7, 11) is 0. The van der Waals surface area contributed by atoms with Crippen molar-refractivity contribution in [1.29, 1.82) is 0 Å². The molecule has 8 nitrogen and oxygen atoms in total. The van der Waals surface area contributed by atoms with Crippen LogP contribution in [0.1, 0.15) is 63.1 Å². The number of rotatable bonds is 10. The van der Waals surface area contributed by atoms with E-state index >= 15 is 0 Å². The molecule has 0 unspecified atom stereocenters. The highest BCUT2D eigenvalue weighted by molar-refractivity contribution is 5.94. The Kier molecular flexibility index (Phi) is 11.3. The van der Waals surface area contributed by atoms with Crippen molar-refractivity contribution >= 4 is 30.1 Å². The predicted octanol–water partition coefficient (Wildman–Crippen LogP) is 2.92. The van der Waals surface area contributed by atoms with Gasteiger partial charge in [0.05, 0.1) is 12.1 Å². The van der Waals surface area contributed by atoms with E-state index in [9.17, 15) is 14.4 Å². The summed E-state index contributed by atoms with van der Waals surface area (Å²) in [5, 5.41) is 9.54. The number of carbonyl (C=O) groups excluding carboxylic acids is 3. The van der Waals surface area contributed by atoms with Gasteiger partial charge in [-0.05, 0) is 49.8 Å². The smallest absolute Gasteiger partial charge is 0.246 e. The summed E-state index contributed by atoms with van der Waals surface area (Å²) in [6.07, 6.45) is 3.46. The molecule has 0 spiro atoms. The molecule has 5 N–H and O–H groups in total. The lowest BCUT2D eigenvalue weighted by molar-refractivity contribution is -0.143. The number of nitrogens with two attached hydrogens (primary N) is 1. The van der Waals surface area contributed by atoms with Crippen LogP contribution in [0.4, 0.5) is 0 Å². The summed E-state index contributed by atoms with van der Waals surface area (Å²) in [6.45, 7) is 5.27. The maximum atomic E-state index is 14.1. The molecule has 2 aromatic carbocycles. The molecule has 0 aliphatic carbocycles. The van der Waals surface area contributed by atoms with E-state index in [0.717, 1.165) is 36.9 Å². The van der Waals surface area contributed by atoms with Crippen LogP contribution in [-0.2, 0) is 14.4 Å². The minimum Gasteiger partial charge on any atom is -0.343 e. The van der Waals surface area contributed by atoms with E-state index in [1.807, 2.05) is 74.5 Å². The minimum atomic E-state index is -0.711. The summed E-state index contributed by atoms with van der Waals surface area (Å²) in [5.74, 6) is -0.731. The van der Waals surface area contributed by atoms with Crippen molar-refractivity contribution < 1.29 is 14.4 Å². The first-order valence-electron chi connectivity index (χ1n) is 13.9. The highest BCUT2D eigenvalue weighted by Gasteiger charge is 2.47. The molecule has 5 atom stereocenters. The van der Waals surface area contributed by atoms with Gasteiger partial charge in [-0.1, -0.05) is 74.5 Å². The molecule has 0 saturated carbocycles. The molecule has 3 amide bonds. The van der Waals surface area contributed by atoms with Gasteiger partial charge < -0.3 is 26.6 Å². The largest absolute Gasteiger partial charge is 0.343 e. The normalized spacial score (nSPS) is 23.4. The number of amides is 3. The maximum absolute atomic E-state index is 14.1. The Morgan fingerprint density at radius 2 is 1.54 bits per heavy atom. The molecule has 2 aromatic rings. The summed E-state index contributed by atoms with van der Waals surface area (Å²) in [4.78, 5) is 42.4. The van der Waals surface area contributed by atoms with Crippen LogP contribution in [-0.4, -0.2) is 59.9 Å². The van der Waals surface area contributed by atoms with Gasteiger partial charge in [0.15, 0.2) is 0 Å². The van der Waals surface area contributed by atoms with Gasteiger partial charge in [0, 0.05) is 18.5 Å². The van der Waals surface area contributed by atoms with Crippen molar-refractivity contribution in [2.75, 3.05) is 13.1 Å². The van der Waals surface area contributed by atoms with Crippen LogP contribution in [0.3, 0.4) is 0 Å². The minimum absolute atomic E-state index is 0. The highest BCUT2D eigenvalue weighted by Crippen LogP contribution is 2.34. The Hall–Kier alpha value is -2.94. The number of halogens is 1. The van der Waals surface area contributed by atoms with Crippen LogP contribution in [0.25, 0.3) is 0 Å². The fraction of sp³-hybridized carbons (Fsp3) is 0.500. The Bertz CT molecular complexity index is 1050. The number of benzene rings is 2. The van der Waals surface area contributed by atoms with E-state index in [0.29, 0.717) is 19.4 Å². The maximum Gasteiger partial charge on any atom is 0.246 e. The Labute approximate surface area is 237 Å². The van der Waals surface area contributed by atoms with Crippen LogP contribution in [0.5, 0.6) is 0 Å². The number of hydrogen-bond donors (Lipinski definition) is 4. The van der Waals surface area contributed by atoms with E-state index in [-0.39, 0.29) is 48.1 Å². The molecular formula is C30H42ClN5O3. The van der Waals surface area contributed by atoms with E-state index in [2.05, 4.69) is 16.0 Å². The van der Waals surface area contributed by atoms with E-state index < -0.39 is 18.1 Å². The molecule has 0 radical (unpaired) electrons. The van der Waals surface area contributed by atoms with Crippen molar-refractivity contribution in [3.8, 4) is 0 Å². The van der Waals surface area contributed by atoms with Gasteiger partial charge in [0.2, 0.25) is 17.7 Å². The fourth-order valence-corrected chi connectivity index (χ4v) is 5.76. The zero-order chi connectivity index (χ0) is 27.1. The second-order valence-electron chi connectivity index (χ2n) is 10.4. The van der Waals surface area contributed by atoms with E-state index in [1.54, 1.807) is 4.90 Å². The van der Waals surface area contributed by atoms with Crippen LogP contribution in [0.2, 0.25) is 0 Å². The van der Waals surface area contributed by atoms with Gasteiger partial charge in [-0.25, -0.2) is 0 Å². The molecule has 4 rings (SSSR count). The molecule has 2 aliphatic heterocycles. The summed E-state index contributed by atoms with van der Waals surface area (Å²) in [5.41, 5.74) is 7.95. The van der Waals surface area contributed by atoms with Crippen molar-refractivity contribution in [3.63, 3.8) is 0 Å². The van der Waals surface area contributed by atoms with Gasteiger partial charge in [0.1, 0.15) is 12.1 Å². The summed E-state index contributed by atoms with van der Waals surface area (Å²) >= 11 is 0. The lowest BCUT2D eigenvalue weighted by atomic mass is 9.92. The first-order chi connectivity index (χ1) is 18.4. The number of carbonyl (C=O) groups is 3. The van der Waals surface area contributed by atoms with Crippen LogP contribution >= 0.6 is 12.4 Å². The fourth-order valence-electron chi connectivity index (χ4n) is 5.76. The van der Waals surface area contributed by atoms with Gasteiger partial charge in [-0.3, -0.25) is 14.4 Å². The molecular weight excluding hydrogens is 514 g/mol. The Morgan fingerprint density at radius 3 is 2.10 bits per heavy atom. The lowest BCUT2D eigenvalue weighted by Gasteiger charge is -2.33. The number of nitrogens with zero attached hydrogens (tertiary/aromatic N) is 1. The average molecular weight is 556 g/mol. The van der Waals surface area contributed by atoms with E-state index in [1.165, 1.54) is 0 Å². The van der Waals surface area contributed by atoms with Crippen LogP contribution < -0.4 is 21.7 Å².